The van der Waals surface area contributed by atoms with Crippen LogP contribution in [0, 0.1) is 5.82 Å². The molecule has 3 aromatic heterocycles. The molecule has 5 nitrogen and oxygen atoms in total. The van der Waals surface area contributed by atoms with Gasteiger partial charge in [-0.15, -0.1) is 0 Å². The van der Waals surface area contributed by atoms with Crippen molar-refractivity contribution in [3.05, 3.63) is 103 Å². The van der Waals surface area contributed by atoms with Gasteiger partial charge >= 0.3 is 0 Å². The average Bonchev–Trinajstić information content (AvgIpc) is 3.19. The number of ether oxygens (including phenoxy) is 1. The van der Waals surface area contributed by atoms with E-state index >= 15 is 0 Å². The van der Waals surface area contributed by atoms with Crippen molar-refractivity contribution < 1.29 is 9.13 Å². The zero-order valence-corrected chi connectivity index (χ0v) is 18.3. The van der Waals surface area contributed by atoms with E-state index in [9.17, 15) is 4.39 Å². The fourth-order valence-corrected chi connectivity index (χ4v) is 4.13. The average molecular weight is 446 g/mol. The van der Waals surface area contributed by atoms with Gasteiger partial charge in [0.2, 0.25) is 5.88 Å². The number of nitrogens with zero attached hydrogens (tertiary/aromatic N) is 4. The molecule has 0 aliphatic rings. The number of aryl methyl sites for hydroxylation is 1. The third-order valence-corrected chi connectivity index (χ3v) is 5.82. The summed E-state index contributed by atoms with van der Waals surface area (Å²) in [5, 5.41) is 1.12. The molecule has 3 aromatic carbocycles. The summed E-state index contributed by atoms with van der Waals surface area (Å²) < 4.78 is 21.5. The third kappa shape index (κ3) is 3.55. The first-order chi connectivity index (χ1) is 16.7. The highest BCUT2D eigenvalue weighted by atomic mass is 19.1. The van der Waals surface area contributed by atoms with E-state index in [1.54, 1.807) is 24.5 Å². The van der Waals surface area contributed by atoms with Crippen LogP contribution < -0.4 is 4.74 Å². The van der Waals surface area contributed by atoms with E-state index in [0.29, 0.717) is 17.3 Å². The van der Waals surface area contributed by atoms with Gasteiger partial charge in [0, 0.05) is 42.2 Å². The van der Waals surface area contributed by atoms with Crippen LogP contribution in [-0.2, 0) is 7.05 Å². The van der Waals surface area contributed by atoms with Crippen molar-refractivity contribution in [1.82, 2.24) is 19.5 Å². The monoisotopic (exact) mass is 446 g/mol. The van der Waals surface area contributed by atoms with Crippen LogP contribution in [0.15, 0.2) is 97.5 Å². The van der Waals surface area contributed by atoms with Gasteiger partial charge in [0.15, 0.2) is 0 Å². The number of benzene rings is 3. The second-order valence-electron chi connectivity index (χ2n) is 8.05. The molecule has 0 saturated carbocycles. The van der Waals surface area contributed by atoms with Crippen LogP contribution in [0.25, 0.3) is 44.3 Å². The minimum atomic E-state index is -0.304. The SMILES string of the molecule is Cn1cc(-c2ccc(Oc3nccnc3-c3ccc(F)cc3)cc2)c2nc3ccccc3cc21. The number of hydrogen-bond acceptors (Lipinski definition) is 4. The van der Waals surface area contributed by atoms with E-state index in [-0.39, 0.29) is 5.82 Å². The molecule has 6 aromatic rings. The molecule has 0 unspecified atom stereocenters. The predicted octanol–water partition coefficient (Wildman–Crippen LogP) is 6.78. The second-order valence-corrected chi connectivity index (χ2v) is 8.05. The molecule has 0 spiro atoms. The van der Waals surface area contributed by atoms with Gasteiger partial charge in [0.05, 0.1) is 16.6 Å². The second kappa shape index (κ2) is 8.08. The van der Waals surface area contributed by atoms with Crippen molar-refractivity contribution in [2.24, 2.45) is 7.05 Å². The Balaban J connectivity index is 1.34. The lowest BCUT2D eigenvalue weighted by molar-refractivity contribution is 0.462. The van der Waals surface area contributed by atoms with Crippen molar-refractivity contribution in [3.8, 4) is 34.0 Å². The van der Waals surface area contributed by atoms with Crippen molar-refractivity contribution >= 4 is 21.9 Å². The maximum absolute atomic E-state index is 13.3. The summed E-state index contributed by atoms with van der Waals surface area (Å²) in [6.45, 7) is 0. The highest BCUT2D eigenvalue weighted by Gasteiger charge is 2.13. The molecule has 0 atom stereocenters. The fourth-order valence-electron chi connectivity index (χ4n) is 4.13. The summed E-state index contributed by atoms with van der Waals surface area (Å²) >= 11 is 0. The molecule has 0 aliphatic carbocycles. The molecule has 0 saturated heterocycles. The number of hydrogen-bond donors (Lipinski definition) is 0. The molecule has 0 N–H and O–H groups in total. The van der Waals surface area contributed by atoms with Gasteiger partial charge in [-0.05, 0) is 54.1 Å². The van der Waals surface area contributed by atoms with Crippen LogP contribution in [-0.4, -0.2) is 19.5 Å². The molecule has 6 rings (SSSR count). The van der Waals surface area contributed by atoms with E-state index in [1.165, 1.54) is 12.1 Å². The maximum Gasteiger partial charge on any atom is 0.246 e. The van der Waals surface area contributed by atoms with E-state index in [2.05, 4.69) is 32.9 Å². The van der Waals surface area contributed by atoms with Crippen LogP contribution in [0.2, 0.25) is 0 Å². The minimum Gasteiger partial charge on any atom is -0.437 e. The Kier molecular flexibility index (Phi) is 4.77. The normalized spacial score (nSPS) is 11.2. The topological polar surface area (TPSA) is 52.8 Å². The lowest BCUT2D eigenvalue weighted by atomic mass is 10.1. The Morgan fingerprint density at radius 1 is 0.824 bits per heavy atom. The summed E-state index contributed by atoms with van der Waals surface area (Å²) in [7, 11) is 2.03. The third-order valence-electron chi connectivity index (χ3n) is 5.82. The maximum atomic E-state index is 13.3. The molecule has 6 heteroatoms. The van der Waals surface area contributed by atoms with Gasteiger partial charge in [-0.1, -0.05) is 30.3 Å². The van der Waals surface area contributed by atoms with Gasteiger partial charge in [-0.25, -0.2) is 19.3 Å². The molecular formula is C28H19FN4O. The number of pyridine rings is 1. The molecule has 0 aliphatic heterocycles. The van der Waals surface area contributed by atoms with Crippen LogP contribution in [0.3, 0.4) is 0 Å². The molecular weight excluding hydrogens is 427 g/mol. The number of para-hydroxylation sites is 1. The van der Waals surface area contributed by atoms with Gasteiger partial charge in [0.25, 0.3) is 0 Å². The van der Waals surface area contributed by atoms with Crippen molar-refractivity contribution in [3.63, 3.8) is 0 Å². The minimum absolute atomic E-state index is 0.304. The Bertz CT molecular complexity index is 1640. The van der Waals surface area contributed by atoms with Gasteiger partial charge in [0.1, 0.15) is 17.3 Å². The molecule has 0 amide bonds. The lowest BCUT2D eigenvalue weighted by Crippen LogP contribution is -1.94. The van der Waals surface area contributed by atoms with E-state index in [0.717, 1.165) is 38.6 Å². The zero-order chi connectivity index (χ0) is 23.1. The molecule has 0 fully saturated rings. The summed E-state index contributed by atoms with van der Waals surface area (Å²) in [6.07, 6.45) is 5.26. The molecule has 0 radical (unpaired) electrons. The van der Waals surface area contributed by atoms with Gasteiger partial charge < -0.3 is 9.30 Å². The van der Waals surface area contributed by atoms with Crippen molar-refractivity contribution in [1.29, 1.82) is 0 Å². The summed E-state index contributed by atoms with van der Waals surface area (Å²) in [4.78, 5) is 13.6. The van der Waals surface area contributed by atoms with Crippen molar-refractivity contribution in [2.45, 2.75) is 0 Å². The van der Waals surface area contributed by atoms with Crippen LogP contribution in [0.4, 0.5) is 4.39 Å². The van der Waals surface area contributed by atoms with E-state index in [4.69, 9.17) is 9.72 Å². The highest BCUT2D eigenvalue weighted by molar-refractivity contribution is 5.99. The zero-order valence-electron chi connectivity index (χ0n) is 18.3. The molecule has 3 heterocycles. The lowest BCUT2D eigenvalue weighted by Gasteiger charge is -2.10. The Labute approximate surface area is 195 Å². The van der Waals surface area contributed by atoms with Gasteiger partial charge in [-0.3, -0.25) is 0 Å². The summed E-state index contributed by atoms with van der Waals surface area (Å²) in [6, 6.07) is 24.2. The van der Waals surface area contributed by atoms with Crippen molar-refractivity contribution in [2.75, 3.05) is 0 Å². The Morgan fingerprint density at radius 2 is 1.56 bits per heavy atom. The fraction of sp³-hybridized carbons (Fsp3) is 0.0357. The molecule has 34 heavy (non-hydrogen) atoms. The Hall–Kier alpha value is -4.58. The largest absolute Gasteiger partial charge is 0.437 e. The Morgan fingerprint density at radius 3 is 2.38 bits per heavy atom. The predicted molar refractivity (Wildman–Crippen MR) is 131 cm³/mol. The van der Waals surface area contributed by atoms with E-state index < -0.39 is 0 Å². The summed E-state index contributed by atoms with van der Waals surface area (Å²) in [5.74, 6) is 0.688. The highest BCUT2D eigenvalue weighted by Crippen LogP contribution is 2.34. The standard InChI is InChI=1S/C28H19FN4O/c1-33-17-23(27-25(33)16-20-4-2-3-5-24(20)32-27)18-8-12-22(13-9-18)34-28-26(30-14-15-31-28)19-6-10-21(29)11-7-19/h2-17H,1H3. The number of aromatic nitrogens is 4. The molecule has 0 bridgehead atoms. The van der Waals surface area contributed by atoms with Crippen LogP contribution in [0.1, 0.15) is 0 Å². The first kappa shape index (κ1) is 20.1. The first-order valence-electron chi connectivity index (χ1n) is 10.9. The number of fused-ring (bicyclic) bond motifs is 2. The van der Waals surface area contributed by atoms with Crippen LogP contribution in [0.5, 0.6) is 11.6 Å². The number of halogens is 1. The van der Waals surface area contributed by atoms with E-state index in [1.807, 2.05) is 49.5 Å². The quantitative estimate of drug-likeness (QED) is 0.299. The summed E-state index contributed by atoms with van der Waals surface area (Å²) in [5.41, 5.74) is 6.39. The first-order valence-corrected chi connectivity index (χ1v) is 10.9. The number of rotatable bonds is 4. The smallest absolute Gasteiger partial charge is 0.246 e. The van der Waals surface area contributed by atoms with Gasteiger partial charge in [-0.2, -0.15) is 0 Å². The molecule has 164 valence electrons. The van der Waals surface area contributed by atoms with Crippen LogP contribution >= 0.6 is 0 Å².